The number of carbonyl (C=O) groups is 1. The fourth-order valence-corrected chi connectivity index (χ4v) is 1.53. The lowest BCUT2D eigenvalue weighted by Crippen LogP contribution is -2.63. The molecule has 0 bridgehead atoms. The molecule has 1 fully saturated rings. The van der Waals surface area contributed by atoms with E-state index in [0.717, 1.165) is 6.92 Å². The zero-order valence-corrected chi connectivity index (χ0v) is 8.20. The van der Waals surface area contributed by atoms with Crippen LogP contribution < -0.4 is 5.73 Å². The van der Waals surface area contributed by atoms with Crippen LogP contribution in [0.5, 0.6) is 0 Å². The third-order valence-electron chi connectivity index (χ3n) is 2.40. The van der Waals surface area contributed by atoms with E-state index in [1.807, 2.05) is 0 Å². The Morgan fingerprint density at radius 3 is 2.40 bits per heavy atom. The highest BCUT2D eigenvalue weighted by Gasteiger charge is 2.50. The Morgan fingerprint density at radius 2 is 1.93 bits per heavy atom. The summed E-state index contributed by atoms with van der Waals surface area (Å²) in [6.45, 7) is 1.13. The maximum Gasteiger partial charge on any atom is 0.220 e. The topological polar surface area (TPSA) is 133 Å². The van der Waals surface area contributed by atoms with Crippen LogP contribution in [-0.2, 0) is 9.53 Å². The van der Waals surface area contributed by atoms with E-state index in [1.54, 1.807) is 0 Å². The lowest BCUT2D eigenvalue weighted by Gasteiger charge is -2.43. The summed E-state index contributed by atoms with van der Waals surface area (Å²) < 4.78 is 4.87. The van der Waals surface area contributed by atoms with Crippen LogP contribution in [0.3, 0.4) is 0 Å². The Kier molecular flexibility index (Phi) is 3.31. The maximum absolute atomic E-state index is 10.6. The first-order valence-electron chi connectivity index (χ1n) is 4.48. The second kappa shape index (κ2) is 4.03. The number of rotatable bonds is 2. The van der Waals surface area contributed by atoms with Crippen LogP contribution in [0.1, 0.15) is 13.3 Å². The first-order chi connectivity index (χ1) is 6.75. The summed E-state index contributed by atoms with van der Waals surface area (Å²) in [4.78, 5) is 10.6. The molecule has 1 heterocycles. The van der Waals surface area contributed by atoms with Gasteiger partial charge in [-0.05, 0) is 6.92 Å². The monoisotopic (exact) mass is 221 g/mol. The van der Waals surface area contributed by atoms with E-state index in [4.69, 9.17) is 10.5 Å². The van der Waals surface area contributed by atoms with Crippen molar-refractivity contribution in [2.45, 2.75) is 43.5 Å². The summed E-state index contributed by atoms with van der Waals surface area (Å²) in [5, 5.41) is 37.7. The number of aliphatic hydroxyl groups is 4. The molecule has 0 aromatic rings. The second-order valence-corrected chi connectivity index (χ2v) is 3.81. The average molecular weight is 221 g/mol. The van der Waals surface area contributed by atoms with E-state index >= 15 is 0 Å². The smallest absolute Gasteiger partial charge is 0.220 e. The Labute approximate surface area is 86.1 Å². The van der Waals surface area contributed by atoms with Crippen molar-refractivity contribution < 1.29 is 30.0 Å². The molecule has 15 heavy (non-hydrogen) atoms. The number of nitrogens with two attached hydrogens (primary N) is 1. The van der Waals surface area contributed by atoms with Gasteiger partial charge >= 0.3 is 0 Å². The minimum Gasteiger partial charge on any atom is -0.388 e. The van der Waals surface area contributed by atoms with Crippen molar-refractivity contribution in [1.82, 2.24) is 0 Å². The molecule has 0 aromatic carbocycles. The number of aliphatic hydroxyl groups excluding tert-OH is 3. The molecule has 88 valence electrons. The summed E-state index contributed by atoms with van der Waals surface area (Å²) in [5.74, 6) is -2.75. The van der Waals surface area contributed by atoms with Crippen LogP contribution in [0.25, 0.3) is 0 Å². The molecule has 1 rings (SSSR count). The summed E-state index contributed by atoms with van der Waals surface area (Å²) in [7, 11) is 0. The number of hydrogen-bond donors (Lipinski definition) is 5. The van der Waals surface area contributed by atoms with Crippen LogP contribution >= 0.6 is 0 Å². The minimum atomic E-state index is -2.02. The molecule has 7 heteroatoms. The van der Waals surface area contributed by atoms with Gasteiger partial charge in [-0.3, -0.25) is 4.79 Å². The highest BCUT2D eigenvalue weighted by molar-refractivity contribution is 5.74. The molecule has 1 amide bonds. The van der Waals surface area contributed by atoms with E-state index in [-0.39, 0.29) is 6.42 Å². The van der Waals surface area contributed by atoms with Crippen LogP contribution in [-0.4, -0.2) is 56.5 Å². The van der Waals surface area contributed by atoms with Crippen molar-refractivity contribution in [2.24, 2.45) is 5.73 Å². The summed E-state index contributed by atoms with van der Waals surface area (Å²) in [6.07, 6.45) is -6.17. The fraction of sp³-hybridized carbons (Fsp3) is 0.875. The molecular formula is C8H15NO6. The molecule has 1 aliphatic heterocycles. The number of hydrogen-bond acceptors (Lipinski definition) is 6. The van der Waals surface area contributed by atoms with E-state index in [9.17, 15) is 25.2 Å². The zero-order chi connectivity index (χ0) is 11.8. The van der Waals surface area contributed by atoms with E-state index < -0.39 is 36.1 Å². The minimum absolute atomic E-state index is 0.346. The van der Waals surface area contributed by atoms with Gasteiger partial charge in [-0.1, -0.05) is 0 Å². The van der Waals surface area contributed by atoms with Crippen molar-refractivity contribution in [2.75, 3.05) is 0 Å². The molecule has 1 aliphatic rings. The van der Waals surface area contributed by atoms with Gasteiger partial charge in [0, 0.05) is 0 Å². The third-order valence-corrected chi connectivity index (χ3v) is 2.40. The van der Waals surface area contributed by atoms with Crippen LogP contribution in [0.15, 0.2) is 0 Å². The second-order valence-electron chi connectivity index (χ2n) is 3.81. The molecule has 7 nitrogen and oxygen atoms in total. The first kappa shape index (κ1) is 12.3. The van der Waals surface area contributed by atoms with Crippen molar-refractivity contribution in [1.29, 1.82) is 0 Å². The number of primary amides is 1. The molecule has 0 aromatic heterocycles. The fourth-order valence-electron chi connectivity index (χ4n) is 1.53. The standard InChI is InChI=1S/C8H15NO6/c1-8(14)7(13)6(12)5(11)3(15-8)2-4(9)10/h3,5-7,11-14H,2H2,1H3,(H2,9,10)/t3-,5-,6+,7+,8+/m1/s1. The lowest BCUT2D eigenvalue weighted by atomic mass is 9.92. The van der Waals surface area contributed by atoms with Gasteiger partial charge in [0.2, 0.25) is 5.91 Å². The highest BCUT2D eigenvalue weighted by Crippen LogP contribution is 2.28. The van der Waals surface area contributed by atoms with Gasteiger partial charge in [0.15, 0.2) is 5.79 Å². The quantitative estimate of drug-likeness (QED) is 0.338. The van der Waals surface area contributed by atoms with Gasteiger partial charge in [0.25, 0.3) is 0 Å². The molecule has 5 atom stereocenters. The van der Waals surface area contributed by atoms with Gasteiger partial charge in [-0.15, -0.1) is 0 Å². The molecule has 0 spiro atoms. The van der Waals surface area contributed by atoms with Crippen LogP contribution in [0.2, 0.25) is 0 Å². The Balaban J connectivity index is 2.79. The van der Waals surface area contributed by atoms with E-state index in [1.165, 1.54) is 0 Å². The van der Waals surface area contributed by atoms with Crippen LogP contribution in [0.4, 0.5) is 0 Å². The molecule has 6 N–H and O–H groups in total. The summed E-state index contributed by atoms with van der Waals surface area (Å²) >= 11 is 0. The van der Waals surface area contributed by atoms with E-state index in [0.29, 0.717) is 0 Å². The normalized spacial score (nSPS) is 46.5. The highest BCUT2D eigenvalue weighted by atomic mass is 16.7. The predicted octanol–water partition coefficient (Wildman–Crippen LogP) is -2.95. The molecule has 0 saturated carbocycles. The van der Waals surface area contributed by atoms with Gasteiger partial charge in [-0.2, -0.15) is 0 Å². The lowest BCUT2D eigenvalue weighted by molar-refractivity contribution is -0.336. The van der Waals surface area contributed by atoms with Gasteiger partial charge < -0.3 is 30.9 Å². The molecule has 1 saturated heterocycles. The van der Waals surface area contributed by atoms with Gasteiger partial charge in [0.05, 0.1) is 12.5 Å². The molecule has 0 unspecified atom stereocenters. The maximum atomic E-state index is 10.6. The predicted molar refractivity (Wildman–Crippen MR) is 47.3 cm³/mol. The summed E-state index contributed by atoms with van der Waals surface area (Å²) in [6, 6.07) is 0. The van der Waals surface area contributed by atoms with Gasteiger partial charge in [-0.25, -0.2) is 0 Å². The molecular weight excluding hydrogens is 206 g/mol. The average Bonchev–Trinajstić information content (AvgIpc) is 2.10. The van der Waals surface area contributed by atoms with Crippen molar-refractivity contribution in [3.63, 3.8) is 0 Å². The van der Waals surface area contributed by atoms with E-state index in [2.05, 4.69) is 0 Å². The molecule has 0 aliphatic carbocycles. The van der Waals surface area contributed by atoms with Crippen LogP contribution in [0, 0.1) is 0 Å². The Hall–Kier alpha value is -0.730. The number of ether oxygens (including phenoxy) is 1. The van der Waals surface area contributed by atoms with Crippen molar-refractivity contribution in [3.8, 4) is 0 Å². The first-order valence-corrected chi connectivity index (χ1v) is 4.48. The Morgan fingerprint density at radius 1 is 1.40 bits per heavy atom. The molecule has 0 radical (unpaired) electrons. The third kappa shape index (κ3) is 2.44. The van der Waals surface area contributed by atoms with Gasteiger partial charge in [0.1, 0.15) is 18.3 Å². The number of carbonyl (C=O) groups excluding carboxylic acids is 1. The van der Waals surface area contributed by atoms with Crippen molar-refractivity contribution in [3.05, 3.63) is 0 Å². The SMILES string of the molecule is C[C@]1(O)O[C@H](CC(N)=O)[C@@H](O)[C@H](O)[C@@H]1O. The summed E-state index contributed by atoms with van der Waals surface area (Å²) in [5.41, 5.74) is 4.90. The number of amides is 1. The Bertz CT molecular complexity index is 256. The zero-order valence-electron chi connectivity index (χ0n) is 8.20. The van der Waals surface area contributed by atoms with Crippen molar-refractivity contribution >= 4 is 5.91 Å². The largest absolute Gasteiger partial charge is 0.388 e.